The van der Waals surface area contributed by atoms with E-state index in [1.807, 2.05) is 247 Å². The van der Waals surface area contributed by atoms with E-state index in [1.165, 1.54) is 39.3 Å². The lowest BCUT2D eigenvalue weighted by Crippen LogP contribution is -2.02. The van der Waals surface area contributed by atoms with Gasteiger partial charge in [-0.25, -0.2) is 4.39 Å². The first kappa shape index (κ1) is 67.5. The molecule has 0 heterocycles. The number of aryl methyl sites for hydroxylation is 5. The van der Waals surface area contributed by atoms with Gasteiger partial charge < -0.3 is 28.7 Å². The Morgan fingerprint density at radius 2 is 0.552 bits per heavy atom. The van der Waals surface area contributed by atoms with Crippen molar-refractivity contribution < 1.29 is 33.1 Å². The number of hydrogen-bond donors (Lipinski definition) is 0. The van der Waals surface area contributed by atoms with Crippen molar-refractivity contribution in [1.29, 1.82) is 0 Å². The Balaban J connectivity index is 0.000000174. The molecule has 0 aliphatic heterocycles. The SMILES string of the molecule is COc1ccc(C(C=O)c2ccc(C)cc2)cc1.CSc1ccc(C(C=O)c2ccc(C)cc2)cc1.Cc1ccc(C(C=O)c2ccc(Br)cc2)cc1.Cc1ccc(C(C=O)c2ccc(Cl)cc2)cc1.Cc1ccc(C(C=O)c2ccc(F)cc2)cc1. The minimum Gasteiger partial charge on any atom is -0.497 e. The van der Waals surface area contributed by atoms with Gasteiger partial charge in [-0.05, 0) is 157 Å². The van der Waals surface area contributed by atoms with Crippen molar-refractivity contribution >= 4 is 70.7 Å². The van der Waals surface area contributed by atoms with Crippen LogP contribution in [-0.2, 0) is 24.0 Å². The molecule has 10 rings (SSSR count). The molecule has 0 radical (unpaired) electrons. The summed E-state index contributed by atoms with van der Waals surface area (Å²) in [5, 5.41) is 0.683. The first-order valence-corrected chi connectivity index (χ1v) is 30.6. The molecule has 0 saturated heterocycles. The van der Waals surface area contributed by atoms with Gasteiger partial charge in [0.2, 0.25) is 0 Å². The third-order valence-corrected chi connectivity index (χ3v) is 16.0. The van der Waals surface area contributed by atoms with Crippen LogP contribution in [0.5, 0.6) is 5.75 Å². The van der Waals surface area contributed by atoms with Gasteiger partial charge in [0, 0.05) is 14.4 Å². The number of carbonyl (C=O) groups is 5. The number of methoxy groups -OCH3 is 1. The second-order valence-electron chi connectivity index (χ2n) is 20.8. The van der Waals surface area contributed by atoms with Crippen LogP contribution in [0.2, 0.25) is 5.02 Å². The molecular formula is C77H71BrClFO6S. The van der Waals surface area contributed by atoms with Crippen molar-refractivity contribution in [2.24, 2.45) is 0 Å². The van der Waals surface area contributed by atoms with E-state index in [0.717, 1.165) is 103 Å². The molecule has 0 aliphatic rings. The summed E-state index contributed by atoms with van der Waals surface area (Å²) in [7, 11) is 1.63. The molecule has 10 aromatic carbocycles. The standard InChI is InChI=1S/C16H16O2.C16H16OS.C15H13BrO.C15H13ClO.C15H13FO/c2*1-12-3-5-13(6-4-12)16(11-17)14-7-9-15(18-2)10-8-14;3*1-11-2-4-12(5-3-11)15(10-17)13-6-8-14(16)9-7-13/h2*3-11,16H,1-2H3;3*2-10,15H,1H3. The lowest BCUT2D eigenvalue weighted by atomic mass is 9.92. The summed E-state index contributed by atoms with van der Waals surface area (Å²) >= 11 is 10.9. The first-order valence-electron chi connectivity index (χ1n) is 28.2. The molecule has 0 aromatic heterocycles. The van der Waals surface area contributed by atoms with E-state index in [4.69, 9.17) is 16.3 Å². The fourth-order valence-corrected chi connectivity index (χ4v) is 10.0. The zero-order valence-electron chi connectivity index (χ0n) is 49.9. The van der Waals surface area contributed by atoms with Gasteiger partial charge in [-0.15, -0.1) is 11.8 Å². The topological polar surface area (TPSA) is 94.6 Å². The second-order valence-corrected chi connectivity index (χ2v) is 23.1. The summed E-state index contributed by atoms with van der Waals surface area (Å²) in [6, 6.07) is 77.2. The van der Waals surface area contributed by atoms with Crippen LogP contribution in [0, 0.1) is 40.4 Å². The number of ether oxygens (including phenoxy) is 1. The molecule has 0 N–H and O–H groups in total. The highest BCUT2D eigenvalue weighted by atomic mass is 79.9. The average molecular weight is 1260 g/mol. The zero-order chi connectivity index (χ0) is 62.7. The van der Waals surface area contributed by atoms with Gasteiger partial charge in [-0.2, -0.15) is 0 Å². The maximum Gasteiger partial charge on any atom is 0.131 e. The minimum absolute atomic E-state index is 0.165. The molecule has 10 heteroatoms. The van der Waals surface area contributed by atoms with E-state index < -0.39 is 0 Å². The van der Waals surface area contributed by atoms with Gasteiger partial charge >= 0.3 is 0 Å². The highest BCUT2D eigenvalue weighted by Crippen LogP contribution is 2.29. The predicted molar refractivity (Wildman–Crippen MR) is 359 cm³/mol. The predicted octanol–water partition coefficient (Wildman–Crippen LogP) is 18.9. The van der Waals surface area contributed by atoms with Gasteiger partial charge in [0.15, 0.2) is 0 Å². The maximum absolute atomic E-state index is 12.8. The molecule has 6 nitrogen and oxygen atoms in total. The Morgan fingerprint density at radius 1 is 0.345 bits per heavy atom. The summed E-state index contributed by atoms with van der Waals surface area (Å²) in [5.41, 5.74) is 15.8. The highest BCUT2D eigenvalue weighted by molar-refractivity contribution is 9.10. The smallest absolute Gasteiger partial charge is 0.131 e. The van der Waals surface area contributed by atoms with E-state index in [1.54, 1.807) is 31.0 Å². The van der Waals surface area contributed by atoms with Crippen molar-refractivity contribution in [3.05, 3.63) is 341 Å². The molecule has 0 spiro atoms. The summed E-state index contributed by atoms with van der Waals surface area (Å²) < 4.78 is 19.0. The summed E-state index contributed by atoms with van der Waals surface area (Å²) in [6.07, 6.45) is 6.89. The van der Waals surface area contributed by atoms with Crippen molar-refractivity contribution in [2.45, 2.75) is 69.1 Å². The molecule has 0 fully saturated rings. The van der Waals surface area contributed by atoms with Crippen LogP contribution in [0.15, 0.2) is 252 Å². The monoisotopic (exact) mass is 1260 g/mol. The average Bonchev–Trinajstić information content (AvgIpc) is 3.74. The normalized spacial score (nSPS) is 12.1. The number of rotatable bonds is 17. The Hall–Kier alpha value is -8.60. The van der Waals surface area contributed by atoms with Crippen LogP contribution in [0.3, 0.4) is 0 Å². The summed E-state index contributed by atoms with van der Waals surface area (Å²) in [5.74, 6) is -0.583. The van der Waals surface area contributed by atoms with Crippen molar-refractivity contribution in [3.63, 3.8) is 0 Å². The number of hydrogen-bond acceptors (Lipinski definition) is 7. The van der Waals surface area contributed by atoms with E-state index in [9.17, 15) is 28.4 Å². The molecule has 0 bridgehead atoms. The van der Waals surface area contributed by atoms with E-state index in [2.05, 4.69) is 28.1 Å². The van der Waals surface area contributed by atoms with E-state index in [-0.39, 0.29) is 35.4 Å². The zero-order valence-corrected chi connectivity index (χ0v) is 53.0. The molecule has 442 valence electrons. The fraction of sp³-hybridized carbons (Fsp3) is 0.156. The molecule has 5 atom stereocenters. The van der Waals surface area contributed by atoms with Gasteiger partial charge in [0.25, 0.3) is 0 Å². The Bertz CT molecular complexity index is 3220. The quantitative estimate of drug-likeness (QED) is 0.0662. The highest BCUT2D eigenvalue weighted by Gasteiger charge is 2.17. The molecule has 0 amide bonds. The Labute approximate surface area is 530 Å². The van der Waals surface area contributed by atoms with Crippen LogP contribution in [0.4, 0.5) is 4.39 Å². The molecule has 5 unspecified atom stereocenters. The minimum atomic E-state index is -0.323. The number of halogens is 3. The van der Waals surface area contributed by atoms with Gasteiger partial charge in [0.05, 0.1) is 36.7 Å². The summed E-state index contributed by atoms with van der Waals surface area (Å²) in [6.45, 7) is 10.2. The number of thioether (sulfide) groups is 1. The van der Waals surface area contributed by atoms with Crippen molar-refractivity contribution in [1.82, 2.24) is 0 Å². The van der Waals surface area contributed by atoms with Crippen LogP contribution in [0.1, 0.15) is 113 Å². The van der Waals surface area contributed by atoms with E-state index >= 15 is 0 Å². The lowest BCUT2D eigenvalue weighted by molar-refractivity contribution is -0.109. The van der Waals surface area contributed by atoms with Crippen LogP contribution >= 0.6 is 39.3 Å². The number of benzene rings is 10. The van der Waals surface area contributed by atoms with Crippen molar-refractivity contribution in [3.8, 4) is 5.75 Å². The van der Waals surface area contributed by atoms with Crippen molar-refractivity contribution in [2.75, 3.05) is 13.4 Å². The van der Waals surface area contributed by atoms with Gasteiger partial charge in [-0.3, -0.25) is 0 Å². The van der Waals surface area contributed by atoms with Crippen LogP contribution in [0.25, 0.3) is 0 Å². The lowest BCUT2D eigenvalue weighted by Gasteiger charge is -2.12. The third-order valence-electron chi connectivity index (χ3n) is 14.5. The first-order chi connectivity index (χ1) is 42.1. The molecule has 87 heavy (non-hydrogen) atoms. The maximum atomic E-state index is 12.8. The molecule has 0 saturated carbocycles. The molecular weight excluding hydrogens is 1190 g/mol. The largest absolute Gasteiger partial charge is 0.497 e. The Morgan fingerprint density at radius 3 is 0.782 bits per heavy atom. The van der Waals surface area contributed by atoms with Crippen LogP contribution in [-0.4, -0.2) is 44.8 Å². The molecule has 0 aliphatic carbocycles. The Kier molecular flexibility index (Phi) is 27.3. The van der Waals surface area contributed by atoms with Crippen LogP contribution < -0.4 is 4.74 Å². The summed E-state index contributed by atoms with van der Waals surface area (Å²) in [4.78, 5) is 57.6. The number of aldehydes is 5. The van der Waals surface area contributed by atoms with Gasteiger partial charge in [-0.1, -0.05) is 237 Å². The fourth-order valence-electron chi connectivity index (χ4n) is 9.25. The third kappa shape index (κ3) is 20.8. The van der Waals surface area contributed by atoms with Gasteiger partial charge in [0.1, 0.15) is 43.0 Å². The van der Waals surface area contributed by atoms with E-state index in [0.29, 0.717) is 5.02 Å². The second kappa shape index (κ2) is 35.1. The number of carbonyl (C=O) groups excluding carboxylic acids is 5. The molecule has 10 aromatic rings.